The highest BCUT2D eigenvalue weighted by atomic mass is 32.2. The van der Waals surface area contributed by atoms with E-state index in [1.807, 2.05) is 49.2 Å². The zero-order chi connectivity index (χ0) is 23.8. The fourth-order valence-corrected chi connectivity index (χ4v) is 4.77. The van der Waals surface area contributed by atoms with Crippen LogP contribution in [0.5, 0.6) is 5.75 Å². The van der Waals surface area contributed by atoms with Crippen LogP contribution in [0.2, 0.25) is 0 Å². The number of carbonyl (C=O) groups is 1. The zero-order valence-electron chi connectivity index (χ0n) is 19.1. The summed E-state index contributed by atoms with van der Waals surface area (Å²) in [5.74, 6) is -0.0390. The molecule has 7 nitrogen and oxygen atoms in total. The normalized spacial score (nSPS) is 11.0. The highest BCUT2D eigenvalue weighted by molar-refractivity contribution is 7.92. The van der Waals surface area contributed by atoms with Crippen LogP contribution in [0.15, 0.2) is 83.8 Å². The second-order valence-corrected chi connectivity index (χ2v) is 9.47. The van der Waals surface area contributed by atoms with E-state index in [1.165, 1.54) is 7.11 Å². The third kappa shape index (κ3) is 6.04. The Bertz CT molecular complexity index is 1170. The standard InChI is InChI=1S/C25H29N3O4S/c1-20-13-15-22(16-14-20)33(30,31)28(23-11-7-8-12-24(23)32-3)19-25(29)26-17-18-27(2)21-9-5-4-6-10-21/h4-16H,17-19H2,1-3H3,(H,26,29). The fourth-order valence-electron chi connectivity index (χ4n) is 3.33. The van der Waals surface area contributed by atoms with Crippen molar-refractivity contribution in [2.24, 2.45) is 0 Å². The lowest BCUT2D eigenvalue weighted by atomic mass is 10.2. The number of aryl methyl sites for hydroxylation is 1. The minimum Gasteiger partial charge on any atom is -0.495 e. The lowest BCUT2D eigenvalue weighted by Gasteiger charge is -2.26. The van der Waals surface area contributed by atoms with Gasteiger partial charge in [0.05, 0.1) is 17.7 Å². The van der Waals surface area contributed by atoms with E-state index in [0.29, 0.717) is 24.5 Å². The molecule has 1 amide bonds. The van der Waals surface area contributed by atoms with Crippen molar-refractivity contribution >= 4 is 27.3 Å². The Morgan fingerprint density at radius 3 is 2.24 bits per heavy atom. The molecule has 0 unspecified atom stereocenters. The van der Waals surface area contributed by atoms with Crippen LogP contribution in [0.25, 0.3) is 0 Å². The third-order valence-electron chi connectivity index (χ3n) is 5.22. The van der Waals surface area contributed by atoms with Gasteiger partial charge in [-0.3, -0.25) is 9.10 Å². The Balaban J connectivity index is 1.78. The lowest BCUT2D eigenvalue weighted by Crippen LogP contribution is -2.42. The molecule has 0 aliphatic rings. The highest BCUT2D eigenvalue weighted by Gasteiger charge is 2.29. The largest absolute Gasteiger partial charge is 0.495 e. The van der Waals surface area contributed by atoms with Gasteiger partial charge in [-0.05, 0) is 43.3 Å². The first-order valence-electron chi connectivity index (χ1n) is 10.6. The Hall–Kier alpha value is -3.52. The van der Waals surface area contributed by atoms with Crippen LogP contribution in [0.4, 0.5) is 11.4 Å². The van der Waals surface area contributed by atoms with Crippen LogP contribution >= 0.6 is 0 Å². The number of nitrogens with zero attached hydrogens (tertiary/aromatic N) is 2. The first-order chi connectivity index (χ1) is 15.8. The summed E-state index contributed by atoms with van der Waals surface area (Å²) < 4.78 is 33.5. The van der Waals surface area contributed by atoms with Gasteiger partial charge in [-0.1, -0.05) is 48.0 Å². The minimum atomic E-state index is -4.00. The van der Waals surface area contributed by atoms with E-state index in [9.17, 15) is 13.2 Å². The van der Waals surface area contributed by atoms with Crippen LogP contribution in [-0.4, -0.2) is 48.1 Å². The molecule has 0 aliphatic carbocycles. The predicted molar refractivity (Wildman–Crippen MR) is 131 cm³/mol. The molecule has 3 aromatic carbocycles. The monoisotopic (exact) mass is 467 g/mol. The molecule has 0 atom stereocenters. The van der Waals surface area contributed by atoms with E-state index in [1.54, 1.807) is 48.5 Å². The van der Waals surface area contributed by atoms with Crippen molar-refractivity contribution < 1.29 is 17.9 Å². The Morgan fingerprint density at radius 1 is 0.939 bits per heavy atom. The molecule has 174 valence electrons. The average molecular weight is 468 g/mol. The summed E-state index contributed by atoms with van der Waals surface area (Å²) in [5, 5.41) is 2.83. The summed E-state index contributed by atoms with van der Waals surface area (Å²) in [7, 11) is -0.599. The SMILES string of the molecule is COc1ccccc1N(CC(=O)NCCN(C)c1ccccc1)S(=O)(=O)c1ccc(C)cc1. The summed E-state index contributed by atoms with van der Waals surface area (Å²) in [5.41, 5.74) is 2.28. The summed E-state index contributed by atoms with van der Waals surface area (Å²) in [6.45, 7) is 2.46. The van der Waals surface area contributed by atoms with Crippen LogP contribution in [0.3, 0.4) is 0 Å². The number of para-hydroxylation sites is 3. The second-order valence-electron chi connectivity index (χ2n) is 7.60. The quantitative estimate of drug-likeness (QED) is 0.494. The Kier molecular flexibility index (Phi) is 7.95. The second kappa shape index (κ2) is 10.9. The smallest absolute Gasteiger partial charge is 0.264 e. The molecule has 0 aliphatic heterocycles. The number of rotatable bonds is 10. The van der Waals surface area contributed by atoms with Gasteiger partial charge in [0, 0.05) is 25.8 Å². The number of methoxy groups -OCH3 is 1. The molecule has 0 saturated heterocycles. The van der Waals surface area contributed by atoms with Crippen molar-refractivity contribution in [3.63, 3.8) is 0 Å². The molecule has 0 heterocycles. The van der Waals surface area contributed by atoms with Crippen molar-refractivity contribution in [3.8, 4) is 5.75 Å². The maximum absolute atomic E-state index is 13.5. The van der Waals surface area contributed by atoms with Gasteiger partial charge < -0.3 is 15.0 Å². The Labute approximate surface area is 195 Å². The molecule has 3 aromatic rings. The molecule has 0 fully saturated rings. The van der Waals surface area contributed by atoms with Crippen molar-refractivity contribution in [2.75, 3.05) is 43.0 Å². The molecule has 3 rings (SSSR count). The maximum atomic E-state index is 13.5. The number of benzene rings is 3. The van der Waals surface area contributed by atoms with Crippen molar-refractivity contribution in [3.05, 3.63) is 84.4 Å². The molecular formula is C25H29N3O4S. The summed E-state index contributed by atoms with van der Waals surface area (Å²) in [6.07, 6.45) is 0. The van der Waals surface area contributed by atoms with Gasteiger partial charge in [0.2, 0.25) is 5.91 Å². The van der Waals surface area contributed by atoms with E-state index < -0.39 is 15.9 Å². The van der Waals surface area contributed by atoms with Crippen LogP contribution < -0.4 is 19.3 Å². The number of amides is 1. The molecule has 0 spiro atoms. The van der Waals surface area contributed by atoms with Crippen molar-refractivity contribution in [1.29, 1.82) is 0 Å². The summed E-state index contributed by atoms with van der Waals surface area (Å²) >= 11 is 0. The number of hydrogen-bond acceptors (Lipinski definition) is 5. The molecule has 0 bridgehead atoms. The molecular weight excluding hydrogens is 438 g/mol. The average Bonchev–Trinajstić information content (AvgIpc) is 2.83. The first kappa shape index (κ1) is 24.1. The number of ether oxygens (including phenoxy) is 1. The van der Waals surface area contributed by atoms with E-state index in [0.717, 1.165) is 15.6 Å². The topological polar surface area (TPSA) is 79.0 Å². The van der Waals surface area contributed by atoms with Crippen LogP contribution in [0, 0.1) is 6.92 Å². The van der Waals surface area contributed by atoms with Gasteiger partial charge in [-0.2, -0.15) is 0 Å². The van der Waals surface area contributed by atoms with Crippen molar-refractivity contribution in [1.82, 2.24) is 5.32 Å². The maximum Gasteiger partial charge on any atom is 0.264 e. The van der Waals surface area contributed by atoms with Gasteiger partial charge in [-0.15, -0.1) is 0 Å². The predicted octanol–water partition coefficient (Wildman–Crippen LogP) is 3.45. The molecule has 8 heteroatoms. The van der Waals surface area contributed by atoms with E-state index in [4.69, 9.17) is 4.74 Å². The van der Waals surface area contributed by atoms with Gasteiger partial charge in [0.1, 0.15) is 12.3 Å². The number of sulfonamides is 1. The number of carbonyl (C=O) groups excluding carboxylic acids is 1. The number of likely N-dealkylation sites (N-methyl/N-ethyl adjacent to an activating group) is 1. The van der Waals surface area contributed by atoms with Gasteiger partial charge in [0.15, 0.2) is 0 Å². The molecule has 1 N–H and O–H groups in total. The van der Waals surface area contributed by atoms with Gasteiger partial charge in [0.25, 0.3) is 10.0 Å². The fraction of sp³-hybridized carbons (Fsp3) is 0.240. The minimum absolute atomic E-state index is 0.107. The third-order valence-corrected chi connectivity index (χ3v) is 6.99. The number of nitrogens with one attached hydrogen (secondary N) is 1. The van der Waals surface area contributed by atoms with Gasteiger partial charge in [-0.25, -0.2) is 8.42 Å². The van der Waals surface area contributed by atoms with Crippen LogP contribution in [-0.2, 0) is 14.8 Å². The highest BCUT2D eigenvalue weighted by Crippen LogP contribution is 2.32. The molecule has 0 aromatic heterocycles. The summed E-state index contributed by atoms with van der Waals surface area (Å²) in [6, 6.07) is 23.1. The van der Waals surface area contributed by atoms with Crippen molar-refractivity contribution in [2.45, 2.75) is 11.8 Å². The molecule has 33 heavy (non-hydrogen) atoms. The number of hydrogen-bond donors (Lipinski definition) is 1. The Morgan fingerprint density at radius 2 is 1.58 bits per heavy atom. The zero-order valence-corrected chi connectivity index (χ0v) is 19.9. The van der Waals surface area contributed by atoms with E-state index in [-0.39, 0.29) is 11.4 Å². The van der Waals surface area contributed by atoms with Crippen LogP contribution in [0.1, 0.15) is 5.56 Å². The van der Waals surface area contributed by atoms with Gasteiger partial charge >= 0.3 is 0 Å². The number of anilines is 2. The lowest BCUT2D eigenvalue weighted by molar-refractivity contribution is -0.119. The first-order valence-corrected chi connectivity index (χ1v) is 12.0. The van der Waals surface area contributed by atoms with E-state index in [2.05, 4.69) is 5.32 Å². The van der Waals surface area contributed by atoms with E-state index >= 15 is 0 Å². The summed E-state index contributed by atoms with van der Waals surface area (Å²) in [4.78, 5) is 14.9. The molecule has 0 radical (unpaired) electrons. The molecule has 0 saturated carbocycles.